The lowest BCUT2D eigenvalue weighted by atomic mass is 10.1. The summed E-state index contributed by atoms with van der Waals surface area (Å²) in [6.45, 7) is 5.77. The van der Waals surface area contributed by atoms with Crippen molar-refractivity contribution in [3.05, 3.63) is 53.1 Å². The summed E-state index contributed by atoms with van der Waals surface area (Å²) >= 11 is 0. The molecule has 8 nitrogen and oxygen atoms in total. The second kappa shape index (κ2) is 7.71. The van der Waals surface area contributed by atoms with Crippen molar-refractivity contribution < 1.29 is 14.6 Å². The van der Waals surface area contributed by atoms with E-state index in [0.29, 0.717) is 29.1 Å². The van der Waals surface area contributed by atoms with Crippen molar-refractivity contribution in [3.8, 4) is 0 Å². The third-order valence-electron chi connectivity index (χ3n) is 4.72. The zero-order valence-electron chi connectivity index (χ0n) is 17.4. The molecule has 3 aromatic rings. The number of aryl methyl sites for hydroxylation is 2. The van der Waals surface area contributed by atoms with Gasteiger partial charge in [-0.3, -0.25) is 9.48 Å². The van der Waals surface area contributed by atoms with Crippen LogP contribution in [0, 0.1) is 12.1 Å². The van der Waals surface area contributed by atoms with Gasteiger partial charge in [0.25, 0.3) is 5.69 Å². The maximum atomic E-state index is 12.7. The number of aromatic nitrogens is 3. The number of aliphatic hydroxyl groups is 1. The van der Waals surface area contributed by atoms with Gasteiger partial charge in [-0.15, -0.1) is 0 Å². The first-order valence-electron chi connectivity index (χ1n) is 9.46. The molecule has 0 aliphatic rings. The molecule has 154 valence electrons. The van der Waals surface area contributed by atoms with Gasteiger partial charge in [0.2, 0.25) is 0 Å². The van der Waals surface area contributed by atoms with Gasteiger partial charge in [0.1, 0.15) is 0 Å². The number of benzene rings is 1. The van der Waals surface area contributed by atoms with E-state index in [1.807, 2.05) is 37.3 Å². The van der Waals surface area contributed by atoms with Gasteiger partial charge in [0.15, 0.2) is 5.69 Å². The molecular weight excluding hydrogens is 370 g/mol. The van der Waals surface area contributed by atoms with Crippen LogP contribution < -0.4 is 14.9 Å². The van der Waals surface area contributed by atoms with Crippen LogP contribution in [-0.2, 0) is 6.54 Å². The highest BCUT2D eigenvalue weighted by Crippen LogP contribution is 2.30. The molecule has 1 aromatic carbocycles. The Bertz CT molecular complexity index is 1050. The van der Waals surface area contributed by atoms with Crippen LogP contribution in [0.4, 0.5) is 11.4 Å². The minimum atomic E-state index is -0.770. The number of pyridine rings is 1. The second-order valence-electron chi connectivity index (χ2n) is 8.08. The summed E-state index contributed by atoms with van der Waals surface area (Å²) in [4.78, 5) is 14.6. The summed E-state index contributed by atoms with van der Waals surface area (Å²) in [7, 11) is 3.76. The van der Waals surface area contributed by atoms with Gasteiger partial charge in [0, 0.05) is 51.3 Å². The van der Waals surface area contributed by atoms with Crippen LogP contribution in [0.25, 0.3) is 10.9 Å². The van der Waals surface area contributed by atoms with E-state index in [1.54, 1.807) is 37.6 Å². The molecule has 0 bridgehead atoms. The highest BCUT2D eigenvalue weighted by atomic mass is 16.5. The fourth-order valence-electron chi connectivity index (χ4n) is 3.04. The molecule has 2 heterocycles. The molecule has 2 N–H and O–H groups in total. The highest BCUT2D eigenvalue weighted by molar-refractivity contribution is 6.05. The molecule has 0 radical (unpaired) electrons. The Kier molecular flexibility index (Phi) is 5.48. The molecule has 0 aliphatic heterocycles. The van der Waals surface area contributed by atoms with Crippen molar-refractivity contribution in [3.63, 3.8) is 0 Å². The molecule has 0 saturated carbocycles. The zero-order valence-corrected chi connectivity index (χ0v) is 17.4. The topological polar surface area (TPSA) is 97.3 Å². The number of anilines is 2. The van der Waals surface area contributed by atoms with Crippen LogP contribution >= 0.6 is 0 Å². The number of hydrogen-bond donors (Lipinski definition) is 2. The molecule has 2 aromatic heterocycles. The van der Waals surface area contributed by atoms with Crippen molar-refractivity contribution >= 4 is 28.2 Å². The summed E-state index contributed by atoms with van der Waals surface area (Å²) < 4.78 is 2.41. The van der Waals surface area contributed by atoms with Crippen molar-refractivity contribution in [2.24, 2.45) is 0 Å². The van der Waals surface area contributed by atoms with E-state index in [0.717, 1.165) is 16.6 Å². The Hall–Kier alpha value is -3.13. The first kappa shape index (κ1) is 20.6. The maximum Gasteiger partial charge on any atom is 0.321 e. The largest absolute Gasteiger partial charge is 0.618 e. The summed E-state index contributed by atoms with van der Waals surface area (Å²) in [6.07, 6.45) is 2.46. The zero-order chi connectivity index (χ0) is 21.3. The van der Waals surface area contributed by atoms with Gasteiger partial charge >= 0.3 is 5.91 Å². The third kappa shape index (κ3) is 4.65. The van der Waals surface area contributed by atoms with Crippen LogP contribution in [0.15, 0.2) is 36.5 Å². The number of rotatable bonds is 6. The van der Waals surface area contributed by atoms with E-state index in [-0.39, 0.29) is 5.69 Å². The summed E-state index contributed by atoms with van der Waals surface area (Å²) in [5, 5.41) is 30.4. The lowest BCUT2D eigenvalue weighted by Crippen LogP contribution is -2.39. The fourth-order valence-corrected chi connectivity index (χ4v) is 3.04. The molecule has 0 aliphatic carbocycles. The van der Waals surface area contributed by atoms with Crippen molar-refractivity contribution in [2.45, 2.75) is 39.3 Å². The molecule has 0 spiro atoms. The van der Waals surface area contributed by atoms with Gasteiger partial charge in [-0.05, 0) is 38.5 Å². The first-order chi connectivity index (χ1) is 13.5. The number of hydrogen-bond acceptors (Lipinski definition) is 5. The molecular formula is C21H27N5O3. The molecule has 8 heteroatoms. The third-order valence-corrected chi connectivity index (χ3v) is 4.72. The van der Waals surface area contributed by atoms with E-state index in [4.69, 9.17) is 0 Å². The monoisotopic (exact) mass is 397 g/mol. The normalized spacial score (nSPS) is 11.7. The van der Waals surface area contributed by atoms with Gasteiger partial charge in [0.05, 0.1) is 22.5 Å². The van der Waals surface area contributed by atoms with Crippen molar-refractivity contribution in [1.82, 2.24) is 9.78 Å². The summed E-state index contributed by atoms with van der Waals surface area (Å²) in [5.41, 5.74) is 1.88. The van der Waals surface area contributed by atoms with Gasteiger partial charge in [-0.25, -0.2) is 0 Å². The molecule has 0 unspecified atom stereocenters. The second-order valence-corrected chi connectivity index (χ2v) is 8.08. The van der Waals surface area contributed by atoms with E-state index in [1.165, 1.54) is 6.07 Å². The molecule has 29 heavy (non-hydrogen) atoms. The van der Waals surface area contributed by atoms with Crippen LogP contribution in [-0.4, -0.2) is 40.5 Å². The minimum absolute atomic E-state index is 0.0377. The van der Waals surface area contributed by atoms with Gasteiger partial charge in [-0.1, -0.05) is 0 Å². The quantitative estimate of drug-likeness (QED) is 0.492. The number of carbonyl (C=O) groups is 1. The average Bonchev–Trinajstić information content (AvgIpc) is 3.02. The molecule has 0 fully saturated rings. The SMILES string of the molecule is Cc1cccc(C(=O)Nc2cc3cn(CCC(C)(C)O)nc3cc2N(C)C)[n+]1[O-]. The number of carbonyl (C=O) groups excluding carboxylic acids is 1. The molecule has 1 amide bonds. The van der Waals surface area contributed by atoms with E-state index in [9.17, 15) is 15.1 Å². The Morgan fingerprint density at radius 1 is 1.34 bits per heavy atom. The standard InChI is InChI=1S/C21H27N5O3/c1-14-7-6-8-18(26(14)29)20(27)22-17-11-15-13-25(10-9-21(2,3)28)23-16(15)12-19(17)24(4)5/h6-8,11-13,28H,9-10H2,1-5H3,(H,22,27). The fraction of sp³-hybridized carbons (Fsp3) is 0.381. The minimum Gasteiger partial charge on any atom is -0.618 e. The smallest absolute Gasteiger partial charge is 0.321 e. The predicted molar refractivity (Wildman–Crippen MR) is 113 cm³/mol. The Morgan fingerprint density at radius 2 is 2.07 bits per heavy atom. The number of amides is 1. The Morgan fingerprint density at radius 3 is 2.72 bits per heavy atom. The highest BCUT2D eigenvalue weighted by Gasteiger charge is 2.20. The molecule has 3 rings (SSSR count). The Balaban J connectivity index is 1.94. The van der Waals surface area contributed by atoms with Gasteiger partial charge < -0.3 is 20.5 Å². The number of fused-ring (bicyclic) bond motifs is 1. The number of nitrogens with one attached hydrogen (secondary N) is 1. The van der Waals surface area contributed by atoms with E-state index >= 15 is 0 Å². The number of nitrogens with zero attached hydrogens (tertiary/aromatic N) is 4. The van der Waals surface area contributed by atoms with Gasteiger partial charge in [-0.2, -0.15) is 9.83 Å². The van der Waals surface area contributed by atoms with Crippen LogP contribution in [0.1, 0.15) is 36.5 Å². The lowest BCUT2D eigenvalue weighted by Gasteiger charge is -2.18. The molecule has 0 atom stereocenters. The van der Waals surface area contributed by atoms with Crippen LogP contribution in [0.3, 0.4) is 0 Å². The van der Waals surface area contributed by atoms with Crippen LogP contribution in [0.2, 0.25) is 0 Å². The van der Waals surface area contributed by atoms with E-state index < -0.39 is 11.5 Å². The van der Waals surface area contributed by atoms with Crippen molar-refractivity contribution in [2.75, 3.05) is 24.3 Å². The predicted octanol–water partition coefficient (Wildman–Crippen LogP) is 2.46. The lowest BCUT2D eigenvalue weighted by molar-refractivity contribution is -0.614. The average molecular weight is 397 g/mol. The van der Waals surface area contributed by atoms with Crippen LogP contribution in [0.5, 0.6) is 0 Å². The van der Waals surface area contributed by atoms with E-state index in [2.05, 4.69) is 10.4 Å². The Labute approximate surface area is 170 Å². The molecule has 0 saturated heterocycles. The first-order valence-corrected chi connectivity index (χ1v) is 9.46. The maximum absolute atomic E-state index is 12.7. The summed E-state index contributed by atoms with van der Waals surface area (Å²) in [6, 6.07) is 8.58. The summed E-state index contributed by atoms with van der Waals surface area (Å²) in [5.74, 6) is -0.472. The van der Waals surface area contributed by atoms with Crippen molar-refractivity contribution in [1.29, 1.82) is 0 Å².